The van der Waals surface area contributed by atoms with Crippen LogP contribution < -0.4 is 32.8 Å². The van der Waals surface area contributed by atoms with Crippen LogP contribution in [0.25, 0.3) is 0 Å². The zero-order chi connectivity index (χ0) is 51.4. The standard InChI is InChI=1S/2C15H24N2O6.C11H14N2O4.C4H10O2.2H2/c2*1-5-10-11(18)12(22-9(3)7-21-4)14(23-10)17-6-8(2)13(19)16-15(17)20;1-3-6-7(14)8-10(16-6)13-4-5(2)9(15)12-11(13)17-8;1-4(5)3-6-2;;/h2*6,9-12,14,18H,5,7H2,1-4H3,(H,16,19,20);4,6-8,10,14H,3H2,1-2H3;4-5H,3H2,1-2H3;2*1H/t9-,10+,11?,12-,14+;9-,10-,11?,12+,14-;6-,7?,8-,10-;;;/m011.../s1. The summed E-state index contributed by atoms with van der Waals surface area (Å²) in [6.07, 6.45) is -1.94. The van der Waals surface area contributed by atoms with Gasteiger partial charge in [-0.3, -0.25) is 38.1 Å². The highest BCUT2D eigenvalue weighted by atomic mass is 16.6. The Balaban J connectivity index is 0.000000343. The smallest absolute Gasteiger partial charge is 0.330 e. The lowest BCUT2D eigenvalue weighted by Gasteiger charge is -2.25. The number of aromatic amines is 2. The largest absolute Gasteiger partial charge is 0.453 e. The number of H-pyrrole nitrogens is 2. The first-order valence-electron chi connectivity index (χ1n) is 23.0. The number of aliphatic hydroxyl groups excluding tert-OH is 4. The molecule has 3 aromatic rings. The number of ether oxygens (including phenoxy) is 9. The summed E-state index contributed by atoms with van der Waals surface area (Å²) in [5.74, 6) is 0. The van der Waals surface area contributed by atoms with Gasteiger partial charge in [0.05, 0.1) is 56.4 Å². The quantitative estimate of drug-likeness (QED) is 0.120. The lowest BCUT2D eigenvalue weighted by atomic mass is 10.1. The third-order valence-electron chi connectivity index (χ3n) is 11.6. The van der Waals surface area contributed by atoms with Crippen molar-refractivity contribution in [2.24, 2.45) is 0 Å². The van der Waals surface area contributed by atoms with E-state index in [1.54, 1.807) is 59.8 Å². The molecule has 0 bridgehead atoms. The number of hydrogen-bond donors (Lipinski definition) is 6. The van der Waals surface area contributed by atoms with Crippen molar-refractivity contribution in [2.45, 2.75) is 174 Å². The van der Waals surface area contributed by atoms with E-state index in [1.807, 2.05) is 34.6 Å². The molecule has 6 N–H and O–H groups in total. The summed E-state index contributed by atoms with van der Waals surface area (Å²) < 4.78 is 53.3. The summed E-state index contributed by atoms with van der Waals surface area (Å²) >= 11 is 0. The van der Waals surface area contributed by atoms with Gasteiger partial charge in [0, 0.05) is 59.5 Å². The van der Waals surface area contributed by atoms with Crippen molar-refractivity contribution in [3.8, 4) is 6.01 Å². The lowest BCUT2D eigenvalue weighted by Crippen LogP contribution is -2.41. The van der Waals surface area contributed by atoms with Gasteiger partial charge in [0.25, 0.3) is 16.7 Å². The molecule has 24 nitrogen and oxygen atoms in total. The lowest BCUT2D eigenvalue weighted by molar-refractivity contribution is -0.111. The summed E-state index contributed by atoms with van der Waals surface area (Å²) in [4.78, 5) is 67.0. The highest BCUT2D eigenvalue weighted by Crippen LogP contribution is 2.40. The van der Waals surface area contributed by atoms with Crippen LogP contribution in [0.5, 0.6) is 6.01 Å². The third-order valence-corrected chi connectivity index (χ3v) is 11.6. The van der Waals surface area contributed by atoms with Gasteiger partial charge in [-0.1, -0.05) is 20.8 Å². The molecule has 0 saturated carbocycles. The minimum absolute atomic E-state index is 0. The Morgan fingerprint density at radius 3 is 1.39 bits per heavy atom. The molecule has 3 fully saturated rings. The Morgan fingerprint density at radius 2 is 1.01 bits per heavy atom. The van der Waals surface area contributed by atoms with Gasteiger partial charge in [-0.25, -0.2) is 9.59 Å². The number of nitrogens with one attached hydrogen (secondary N) is 2. The summed E-state index contributed by atoms with van der Waals surface area (Å²) in [5.41, 5.74) is -1.08. The Hall–Kier alpha value is -4.44. The van der Waals surface area contributed by atoms with E-state index < -0.39 is 83.8 Å². The van der Waals surface area contributed by atoms with Crippen LogP contribution >= 0.6 is 0 Å². The number of rotatable bonds is 15. The van der Waals surface area contributed by atoms with Crippen molar-refractivity contribution in [1.82, 2.24) is 28.7 Å². The molecule has 4 aliphatic heterocycles. The molecule has 0 aromatic carbocycles. The molecule has 394 valence electrons. The average molecular weight is 989 g/mol. The van der Waals surface area contributed by atoms with Gasteiger partial charge in [-0.2, -0.15) is 4.98 Å². The molecule has 4 aliphatic rings. The maximum Gasteiger partial charge on any atom is 0.330 e. The average Bonchev–Trinajstić information content (AvgIpc) is 4.00. The van der Waals surface area contributed by atoms with E-state index in [9.17, 15) is 39.3 Å². The van der Waals surface area contributed by atoms with Gasteiger partial charge in [-0.05, 0) is 60.8 Å². The van der Waals surface area contributed by atoms with Crippen LogP contribution in [-0.4, -0.2) is 163 Å². The molecule has 69 heavy (non-hydrogen) atoms. The zero-order valence-corrected chi connectivity index (χ0v) is 41.4. The monoisotopic (exact) mass is 989 g/mol. The van der Waals surface area contributed by atoms with Crippen molar-refractivity contribution in [1.29, 1.82) is 0 Å². The van der Waals surface area contributed by atoms with Crippen LogP contribution in [0.3, 0.4) is 0 Å². The fraction of sp³-hybridized carbons (Fsp3) is 0.733. The molecular weight excluding hydrogens is 913 g/mol. The summed E-state index contributed by atoms with van der Waals surface area (Å²) in [5, 5.41) is 39.3. The number of aliphatic hydroxyl groups is 4. The topological polar surface area (TPSA) is 309 Å². The summed E-state index contributed by atoms with van der Waals surface area (Å²) in [6, 6.07) is 0.226. The fourth-order valence-corrected chi connectivity index (χ4v) is 8.08. The Bertz CT molecular complexity index is 2290. The predicted octanol–water partition coefficient (Wildman–Crippen LogP) is 0.353. The Kier molecular flexibility index (Phi) is 21.6. The number of fused-ring (bicyclic) bond motifs is 3. The minimum atomic E-state index is -0.872. The first-order valence-corrected chi connectivity index (χ1v) is 23.0. The normalized spacial score (nSPS) is 29.0. The molecule has 3 saturated heterocycles. The minimum Gasteiger partial charge on any atom is -0.453 e. The number of nitrogens with zero attached hydrogens (tertiary/aromatic N) is 4. The first-order chi connectivity index (χ1) is 32.7. The molecule has 0 radical (unpaired) electrons. The molecule has 7 heterocycles. The van der Waals surface area contributed by atoms with Crippen molar-refractivity contribution in [3.05, 3.63) is 87.3 Å². The van der Waals surface area contributed by atoms with Crippen molar-refractivity contribution < 1.29 is 65.9 Å². The van der Waals surface area contributed by atoms with Crippen LogP contribution in [-0.2, 0) is 37.9 Å². The van der Waals surface area contributed by atoms with Gasteiger partial charge >= 0.3 is 17.4 Å². The second-order valence-corrected chi connectivity index (χ2v) is 17.4. The van der Waals surface area contributed by atoms with Crippen molar-refractivity contribution >= 4 is 0 Å². The first kappa shape index (κ1) is 57.1. The van der Waals surface area contributed by atoms with Crippen LogP contribution in [0.2, 0.25) is 0 Å². The van der Waals surface area contributed by atoms with Crippen molar-refractivity contribution in [2.75, 3.05) is 41.2 Å². The number of aryl methyl sites for hydroxylation is 3. The number of aromatic nitrogens is 6. The molecular formula is C45H76N6O18. The van der Waals surface area contributed by atoms with E-state index in [0.717, 1.165) is 6.42 Å². The molecule has 15 atom stereocenters. The van der Waals surface area contributed by atoms with Crippen molar-refractivity contribution in [3.63, 3.8) is 0 Å². The SMILES string of the molecule is CC[C@H]1O[C@@H](n2cc(C)c(=O)[nH]c2=O)[C@@H](O[C@@H](C)COC)C1O.CC[C@H]1O[C@@H](n2cc(C)c(=O)[nH]c2=O)[C@@H](O[C@H](C)COC)C1O.CC[C@H]1O[C@@H]2[C@H](Oc3nc(=O)c(C)cn32)C1O.COCC(C)O.[HH].[HH]. The summed E-state index contributed by atoms with van der Waals surface area (Å²) in [7, 11) is 4.68. The molecule has 7 rings (SSSR count). The molecule has 4 unspecified atom stereocenters. The fourth-order valence-electron chi connectivity index (χ4n) is 8.08. The highest BCUT2D eigenvalue weighted by Gasteiger charge is 2.51. The maximum atomic E-state index is 12.1. The van der Waals surface area contributed by atoms with E-state index in [0.29, 0.717) is 49.4 Å². The molecule has 0 spiro atoms. The van der Waals surface area contributed by atoms with Crippen LogP contribution in [0.4, 0.5) is 0 Å². The Labute approximate surface area is 402 Å². The molecule has 3 aromatic heterocycles. The molecule has 0 aliphatic carbocycles. The van der Waals surface area contributed by atoms with Gasteiger partial charge in [0.1, 0.15) is 30.5 Å². The van der Waals surface area contributed by atoms with Gasteiger partial charge in [0.15, 0.2) is 24.8 Å². The van der Waals surface area contributed by atoms with Gasteiger partial charge in [0.2, 0.25) is 0 Å². The maximum absolute atomic E-state index is 12.1. The van der Waals surface area contributed by atoms with E-state index >= 15 is 0 Å². The molecule has 0 amide bonds. The van der Waals surface area contributed by atoms with E-state index in [1.165, 1.54) is 21.5 Å². The predicted molar refractivity (Wildman–Crippen MR) is 251 cm³/mol. The second kappa shape index (κ2) is 26.1. The summed E-state index contributed by atoms with van der Waals surface area (Å²) in [6.45, 7) is 17.0. The van der Waals surface area contributed by atoms with E-state index in [-0.39, 0.29) is 45.1 Å². The number of methoxy groups -OCH3 is 3. The van der Waals surface area contributed by atoms with E-state index in [4.69, 9.17) is 43.0 Å². The van der Waals surface area contributed by atoms with Crippen LogP contribution in [0, 0.1) is 20.8 Å². The third kappa shape index (κ3) is 14.1. The van der Waals surface area contributed by atoms with Gasteiger partial charge < -0.3 is 63.1 Å². The van der Waals surface area contributed by atoms with Crippen LogP contribution in [0.1, 0.15) is 99.0 Å². The van der Waals surface area contributed by atoms with Crippen LogP contribution in [0.15, 0.2) is 42.6 Å². The van der Waals surface area contributed by atoms with E-state index in [2.05, 4.69) is 19.7 Å². The Morgan fingerprint density at radius 1 is 0.623 bits per heavy atom. The van der Waals surface area contributed by atoms with Gasteiger partial charge in [-0.15, -0.1) is 0 Å². The highest BCUT2D eigenvalue weighted by molar-refractivity contribution is 5.15. The molecule has 24 heteroatoms. The second-order valence-electron chi connectivity index (χ2n) is 17.4. The zero-order valence-electron chi connectivity index (χ0n) is 41.4. The number of hydrogen-bond acceptors (Lipinski definition) is 19.